The molecule has 2 N–H and O–H groups in total. The van der Waals surface area contributed by atoms with Crippen LogP contribution in [0.15, 0.2) is 24.5 Å². The lowest BCUT2D eigenvalue weighted by atomic mass is 10.2. The molecule has 0 saturated carbocycles. The molecule has 0 aliphatic carbocycles. The third-order valence-electron chi connectivity index (χ3n) is 1.57. The molecule has 0 fully saturated rings. The van der Waals surface area contributed by atoms with Crippen molar-refractivity contribution < 1.29 is 14.7 Å². The maximum atomic E-state index is 11.3. The van der Waals surface area contributed by atoms with Crippen LogP contribution in [0.2, 0.25) is 0 Å². The number of nitrogens with zero attached hydrogens (tertiary/aromatic N) is 1. The Balaban J connectivity index is 2.40. The van der Waals surface area contributed by atoms with Gasteiger partial charge in [-0.3, -0.25) is 14.6 Å². The summed E-state index contributed by atoms with van der Waals surface area (Å²) in [5.74, 6) is -1.21. The summed E-state index contributed by atoms with van der Waals surface area (Å²) in [6, 6.07) is 3.13. The van der Waals surface area contributed by atoms with Crippen molar-refractivity contribution in [2.45, 2.75) is 6.42 Å². The van der Waals surface area contributed by atoms with Gasteiger partial charge < -0.3 is 10.4 Å². The number of hydrogen-bond donors (Lipinski definition) is 2. The van der Waals surface area contributed by atoms with E-state index in [1.807, 2.05) is 0 Å². The van der Waals surface area contributed by atoms with Crippen LogP contribution in [0.4, 0.5) is 0 Å². The summed E-state index contributed by atoms with van der Waals surface area (Å²) in [6.45, 7) is 0.135. The van der Waals surface area contributed by atoms with Gasteiger partial charge in [0.05, 0.1) is 6.42 Å². The Morgan fingerprint density at radius 1 is 1.36 bits per heavy atom. The lowest BCUT2D eigenvalue weighted by Gasteiger charge is -2.02. The standard InChI is InChI=1S/C9H10N2O3/c12-8(13)3-6-11-9(14)7-1-4-10-5-2-7/h1-2,4-5H,3,6H2,(H,11,14)(H,12,13). The van der Waals surface area contributed by atoms with Gasteiger partial charge in [-0.15, -0.1) is 0 Å². The molecule has 0 aromatic carbocycles. The lowest BCUT2D eigenvalue weighted by molar-refractivity contribution is -0.136. The fraction of sp³-hybridized carbons (Fsp3) is 0.222. The fourth-order valence-corrected chi connectivity index (χ4v) is 0.888. The summed E-state index contributed by atoms with van der Waals surface area (Å²) in [5.41, 5.74) is 0.477. The minimum atomic E-state index is -0.931. The predicted molar refractivity (Wildman–Crippen MR) is 48.8 cm³/mol. The second-order valence-electron chi connectivity index (χ2n) is 2.64. The molecule has 1 amide bonds. The largest absolute Gasteiger partial charge is 0.481 e. The zero-order chi connectivity index (χ0) is 10.4. The molecule has 0 spiro atoms. The Kier molecular flexibility index (Phi) is 3.60. The van der Waals surface area contributed by atoms with Gasteiger partial charge in [-0.05, 0) is 12.1 Å². The van der Waals surface area contributed by atoms with Gasteiger partial charge in [-0.1, -0.05) is 0 Å². The van der Waals surface area contributed by atoms with E-state index in [0.717, 1.165) is 0 Å². The van der Waals surface area contributed by atoms with Crippen LogP contribution in [-0.4, -0.2) is 28.5 Å². The fourth-order valence-electron chi connectivity index (χ4n) is 0.888. The van der Waals surface area contributed by atoms with Crippen LogP contribution in [0.25, 0.3) is 0 Å². The number of carboxylic acids is 1. The number of aromatic nitrogens is 1. The Bertz CT molecular complexity index is 324. The molecule has 0 bridgehead atoms. The van der Waals surface area contributed by atoms with Gasteiger partial charge in [0, 0.05) is 24.5 Å². The van der Waals surface area contributed by atoms with Crippen LogP contribution in [0, 0.1) is 0 Å². The van der Waals surface area contributed by atoms with Gasteiger partial charge in [-0.25, -0.2) is 0 Å². The third kappa shape index (κ3) is 3.22. The van der Waals surface area contributed by atoms with E-state index in [0.29, 0.717) is 5.56 Å². The predicted octanol–water partition coefficient (Wildman–Crippen LogP) is 0.286. The van der Waals surface area contributed by atoms with Crippen LogP contribution in [0.1, 0.15) is 16.8 Å². The van der Waals surface area contributed by atoms with E-state index in [1.165, 1.54) is 12.4 Å². The van der Waals surface area contributed by atoms with E-state index < -0.39 is 5.97 Å². The number of hydrogen-bond acceptors (Lipinski definition) is 3. The molecule has 1 heterocycles. The third-order valence-corrected chi connectivity index (χ3v) is 1.57. The Morgan fingerprint density at radius 2 is 2.00 bits per heavy atom. The zero-order valence-electron chi connectivity index (χ0n) is 7.43. The average Bonchev–Trinajstić information content (AvgIpc) is 2.18. The summed E-state index contributed by atoms with van der Waals surface area (Å²) in [5, 5.41) is 10.8. The van der Waals surface area contributed by atoms with Gasteiger partial charge in [0.2, 0.25) is 0 Å². The second kappa shape index (κ2) is 4.96. The van der Waals surface area contributed by atoms with Gasteiger partial charge in [0.25, 0.3) is 5.91 Å². The summed E-state index contributed by atoms with van der Waals surface area (Å²) in [7, 11) is 0. The molecule has 0 aliphatic rings. The zero-order valence-corrected chi connectivity index (χ0v) is 7.43. The van der Waals surface area contributed by atoms with E-state index in [4.69, 9.17) is 5.11 Å². The molecule has 0 atom stereocenters. The molecule has 0 aliphatic heterocycles. The number of rotatable bonds is 4. The number of carboxylic acid groups (broad SMARTS) is 1. The minimum absolute atomic E-state index is 0.0726. The molecule has 5 nitrogen and oxygen atoms in total. The van der Waals surface area contributed by atoms with Gasteiger partial charge in [0.15, 0.2) is 0 Å². The molecule has 0 radical (unpaired) electrons. The second-order valence-corrected chi connectivity index (χ2v) is 2.64. The van der Waals surface area contributed by atoms with Gasteiger partial charge >= 0.3 is 5.97 Å². The maximum Gasteiger partial charge on any atom is 0.305 e. The first-order valence-electron chi connectivity index (χ1n) is 4.10. The van der Waals surface area contributed by atoms with Crippen molar-refractivity contribution in [1.82, 2.24) is 10.3 Å². The number of carbonyl (C=O) groups excluding carboxylic acids is 1. The van der Waals surface area contributed by atoms with Crippen molar-refractivity contribution in [2.75, 3.05) is 6.54 Å². The quantitative estimate of drug-likeness (QED) is 0.721. The molecule has 0 unspecified atom stereocenters. The minimum Gasteiger partial charge on any atom is -0.481 e. The molecule has 5 heteroatoms. The van der Waals surface area contributed by atoms with Crippen LogP contribution < -0.4 is 5.32 Å². The Morgan fingerprint density at radius 3 is 2.57 bits per heavy atom. The highest BCUT2D eigenvalue weighted by atomic mass is 16.4. The summed E-state index contributed by atoms with van der Waals surface area (Å²) in [6.07, 6.45) is 2.94. The van der Waals surface area contributed by atoms with Gasteiger partial charge in [0.1, 0.15) is 0 Å². The Labute approximate surface area is 80.8 Å². The first kappa shape index (κ1) is 10.2. The molecule has 1 rings (SSSR count). The first-order chi connectivity index (χ1) is 6.70. The molecular weight excluding hydrogens is 184 g/mol. The van der Waals surface area contributed by atoms with Crippen molar-refractivity contribution >= 4 is 11.9 Å². The van der Waals surface area contributed by atoms with Crippen molar-refractivity contribution in [3.05, 3.63) is 30.1 Å². The number of carbonyl (C=O) groups is 2. The van der Waals surface area contributed by atoms with Crippen molar-refractivity contribution in [1.29, 1.82) is 0 Å². The number of nitrogens with one attached hydrogen (secondary N) is 1. The van der Waals surface area contributed by atoms with E-state index in [1.54, 1.807) is 12.1 Å². The summed E-state index contributed by atoms with van der Waals surface area (Å²) < 4.78 is 0. The molecule has 1 aromatic heterocycles. The average molecular weight is 194 g/mol. The molecule has 0 saturated heterocycles. The van der Waals surface area contributed by atoms with Crippen LogP contribution >= 0.6 is 0 Å². The monoisotopic (exact) mass is 194 g/mol. The molecule has 74 valence electrons. The van der Waals surface area contributed by atoms with Crippen LogP contribution in [-0.2, 0) is 4.79 Å². The molecule has 14 heavy (non-hydrogen) atoms. The van der Waals surface area contributed by atoms with Crippen LogP contribution in [0.5, 0.6) is 0 Å². The number of amides is 1. The number of aliphatic carboxylic acids is 1. The van der Waals surface area contributed by atoms with Crippen LogP contribution in [0.3, 0.4) is 0 Å². The highest BCUT2D eigenvalue weighted by Crippen LogP contribution is 1.95. The Hall–Kier alpha value is -1.91. The van der Waals surface area contributed by atoms with E-state index >= 15 is 0 Å². The van der Waals surface area contributed by atoms with Crippen molar-refractivity contribution in [2.24, 2.45) is 0 Å². The van der Waals surface area contributed by atoms with E-state index in [-0.39, 0.29) is 18.9 Å². The van der Waals surface area contributed by atoms with E-state index in [9.17, 15) is 9.59 Å². The van der Waals surface area contributed by atoms with Crippen molar-refractivity contribution in [3.8, 4) is 0 Å². The highest BCUT2D eigenvalue weighted by molar-refractivity contribution is 5.94. The molecule has 1 aromatic rings. The summed E-state index contributed by atoms with van der Waals surface area (Å²) >= 11 is 0. The highest BCUT2D eigenvalue weighted by Gasteiger charge is 2.04. The lowest BCUT2D eigenvalue weighted by Crippen LogP contribution is -2.25. The van der Waals surface area contributed by atoms with Crippen molar-refractivity contribution in [3.63, 3.8) is 0 Å². The smallest absolute Gasteiger partial charge is 0.305 e. The van der Waals surface area contributed by atoms with E-state index in [2.05, 4.69) is 10.3 Å². The topological polar surface area (TPSA) is 79.3 Å². The number of pyridine rings is 1. The maximum absolute atomic E-state index is 11.3. The van der Waals surface area contributed by atoms with Gasteiger partial charge in [-0.2, -0.15) is 0 Å². The normalized spacial score (nSPS) is 9.43. The summed E-state index contributed by atoms with van der Waals surface area (Å²) in [4.78, 5) is 25.2. The first-order valence-corrected chi connectivity index (χ1v) is 4.10. The SMILES string of the molecule is O=C(O)CCNC(=O)c1ccncc1. The molecular formula is C9H10N2O3.